The number of rotatable bonds is 7. The van der Waals surface area contributed by atoms with E-state index in [1.165, 1.54) is 12.0 Å². The van der Waals surface area contributed by atoms with Crippen LogP contribution < -0.4 is 4.74 Å². The molecule has 3 aromatic carbocycles. The lowest BCUT2D eigenvalue weighted by Crippen LogP contribution is -2.32. The quantitative estimate of drug-likeness (QED) is 0.339. The number of aliphatic hydroxyl groups excluding tert-OH is 1. The predicted molar refractivity (Wildman–Crippen MR) is 120 cm³/mol. The molecular formula is C26H23NO5. The van der Waals surface area contributed by atoms with Crippen molar-refractivity contribution in [2.24, 2.45) is 0 Å². The van der Waals surface area contributed by atoms with E-state index in [0.29, 0.717) is 22.6 Å². The predicted octanol–water partition coefficient (Wildman–Crippen LogP) is 4.55. The molecule has 162 valence electrons. The summed E-state index contributed by atoms with van der Waals surface area (Å²) in [4.78, 5) is 27.3. The van der Waals surface area contributed by atoms with Gasteiger partial charge in [-0.25, -0.2) is 0 Å². The van der Waals surface area contributed by atoms with Crippen LogP contribution in [0.25, 0.3) is 5.76 Å². The fourth-order valence-electron chi connectivity index (χ4n) is 3.77. The van der Waals surface area contributed by atoms with Gasteiger partial charge in [-0.15, -0.1) is 0 Å². The van der Waals surface area contributed by atoms with Crippen molar-refractivity contribution in [3.63, 3.8) is 0 Å². The van der Waals surface area contributed by atoms with Crippen LogP contribution in [0, 0.1) is 0 Å². The number of Topliss-reactive ketones (excluding diaryl/α,β-unsaturated/α-hetero) is 1. The minimum atomic E-state index is -0.760. The van der Waals surface area contributed by atoms with Gasteiger partial charge in [0.1, 0.15) is 17.3 Å². The van der Waals surface area contributed by atoms with Crippen molar-refractivity contribution in [3.8, 4) is 11.5 Å². The second-order valence-corrected chi connectivity index (χ2v) is 7.34. The molecular weight excluding hydrogens is 406 g/mol. The highest BCUT2D eigenvalue weighted by atomic mass is 16.5. The molecule has 1 aliphatic heterocycles. The van der Waals surface area contributed by atoms with Gasteiger partial charge in [-0.3, -0.25) is 9.59 Å². The van der Waals surface area contributed by atoms with Crippen LogP contribution in [-0.2, 0) is 14.3 Å². The highest BCUT2D eigenvalue weighted by Crippen LogP contribution is 2.40. The van der Waals surface area contributed by atoms with Crippen molar-refractivity contribution in [2.75, 3.05) is 20.3 Å². The zero-order chi connectivity index (χ0) is 22.5. The third-order valence-electron chi connectivity index (χ3n) is 5.28. The largest absolute Gasteiger partial charge is 0.507 e. The molecule has 0 saturated carbocycles. The van der Waals surface area contributed by atoms with Gasteiger partial charge >= 0.3 is 0 Å². The number of carbonyl (C=O) groups excluding carboxylic acids is 2. The van der Waals surface area contributed by atoms with Crippen molar-refractivity contribution in [1.82, 2.24) is 4.90 Å². The van der Waals surface area contributed by atoms with Gasteiger partial charge in [0.2, 0.25) is 0 Å². The maximum atomic E-state index is 13.0. The zero-order valence-electron chi connectivity index (χ0n) is 17.6. The van der Waals surface area contributed by atoms with E-state index in [1.807, 2.05) is 42.5 Å². The molecule has 6 nitrogen and oxygen atoms in total. The van der Waals surface area contributed by atoms with Gasteiger partial charge in [-0.1, -0.05) is 60.7 Å². The van der Waals surface area contributed by atoms with Crippen molar-refractivity contribution in [2.45, 2.75) is 6.04 Å². The van der Waals surface area contributed by atoms with Gasteiger partial charge in [-0.05, 0) is 29.8 Å². The van der Waals surface area contributed by atoms with Gasteiger partial charge in [0.15, 0.2) is 0 Å². The first-order valence-corrected chi connectivity index (χ1v) is 10.3. The lowest BCUT2D eigenvalue weighted by atomic mass is 9.95. The van der Waals surface area contributed by atoms with Crippen LogP contribution in [0.2, 0.25) is 0 Å². The Labute approximate surface area is 186 Å². The summed E-state index contributed by atoms with van der Waals surface area (Å²) in [6.07, 6.45) is 0. The number of likely N-dealkylation sites (tertiary alicyclic amines) is 1. The minimum absolute atomic E-state index is 0.0502. The molecule has 1 heterocycles. The van der Waals surface area contributed by atoms with Crippen LogP contribution >= 0.6 is 0 Å². The molecule has 1 N–H and O–H groups in total. The molecule has 0 radical (unpaired) electrons. The Morgan fingerprint density at radius 3 is 2.25 bits per heavy atom. The van der Waals surface area contributed by atoms with Gasteiger partial charge in [0, 0.05) is 19.2 Å². The van der Waals surface area contributed by atoms with E-state index in [9.17, 15) is 14.7 Å². The molecule has 4 rings (SSSR count). The van der Waals surface area contributed by atoms with Crippen molar-refractivity contribution < 1.29 is 24.2 Å². The summed E-state index contributed by atoms with van der Waals surface area (Å²) in [6, 6.07) is 24.5. The number of aliphatic hydroxyl groups is 1. The number of ketones is 1. The number of para-hydroxylation sites is 1. The van der Waals surface area contributed by atoms with Gasteiger partial charge in [0.05, 0.1) is 18.2 Å². The summed E-state index contributed by atoms with van der Waals surface area (Å²) >= 11 is 0. The summed E-state index contributed by atoms with van der Waals surface area (Å²) in [5.74, 6) is -0.364. The standard InChI is InChI=1S/C26H23NO5/c1-31-16-15-27-23(19-11-8-14-21(17-19)32-20-12-6-3-7-13-20)22(25(29)26(27)30)24(28)18-9-4-2-5-10-18/h2-14,17,23,28H,15-16H2,1H3. The summed E-state index contributed by atoms with van der Waals surface area (Å²) in [6.45, 7) is 0.468. The summed E-state index contributed by atoms with van der Waals surface area (Å²) in [5, 5.41) is 11.0. The van der Waals surface area contributed by atoms with Crippen LogP contribution in [0.5, 0.6) is 11.5 Å². The van der Waals surface area contributed by atoms with Crippen LogP contribution in [0.15, 0.2) is 90.5 Å². The maximum absolute atomic E-state index is 13.0. The van der Waals surface area contributed by atoms with E-state index in [2.05, 4.69) is 0 Å². The molecule has 0 bridgehead atoms. The highest BCUT2D eigenvalue weighted by molar-refractivity contribution is 6.46. The third-order valence-corrected chi connectivity index (χ3v) is 5.28. The number of methoxy groups -OCH3 is 1. The molecule has 1 amide bonds. The van der Waals surface area contributed by atoms with Gasteiger partial charge in [0.25, 0.3) is 11.7 Å². The van der Waals surface area contributed by atoms with E-state index in [1.54, 1.807) is 42.5 Å². The number of ether oxygens (including phenoxy) is 2. The molecule has 0 aliphatic carbocycles. The molecule has 1 saturated heterocycles. The number of nitrogens with zero attached hydrogens (tertiary/aromatic N) is 1. The molecule has 1 fully saturated rings. The summed E-state index contributed by atoms with van der Waals surface area (Å²) in [7, 11) is 1.53. The second kappa shape index (κ2) is 9.49. The van der Waals surface area contributed by atoms with Gasteiger partial charge in [-0.2, -0.15) is 0 Å². The Balaban J connectivity index is 1.79. The number of hydrogen-bond acceptors (Lipinski definition) is 5. The Hall–Kier alpha value is -3.90. The lowest BCUT2D eigenvalue weighted by molar-refractivity contribution is -0.140. The van der Waals surface area contributed by atoms with Crippen LogP contribution in [0.1, 0.15) is 17.2 Å². The summed E-state index contributed by atoms with van der Waals surface area (Å²) < 4.78 is 11.1. The number of amides is 1. The van der Waals surface area contributed by atoms with Crippen LogP contribution in [-0.4, -0.2) is 42.0 Å². The molecule has 0 spiro atoms. The van der Waals surface area contributed by atoms with Gasteiger partial charge < -0.3 is 19.5 Å². The van der Waals surface area contributed by atoms with Crippen LogP contribution in [0.4, 0.5) is 0 Å². The van der Waals surface area contributed by atoms with E-state index < -0.39 is 17.7 Å². The van der Waals surface area contributed by atoms with Crippen LogP contribution in [0.3, 0.4) is 0 Å². The lowest BCUT2D eigenvalue weighted by Gasteiger charge is -2.25. The average molecular weight is 429 g/mol. The summed E-state index contributed by atoms with van der Waals surface area (Å²) in [5.41, 5.74) is 1.18. The zero-order valence-corrected chi connectivity index (χ0v) is 17.6. The van der Waals surface area contributed by atoms with E-state index in [-0.39, 0.29) is 24.5 Å². The first-order chi connectivity index (χ1) is 15.6. The van der Waals surface area contributed by atoms with Crippen molar-refractivity contribution in [1.29, 1.82) is 0 Å². The number of benzene rings is 3. The van der Waals surface area contributed by atoms with Crippen molar-refractivity contribution in [3.05, 3.63) is 102 Å². The fraction of sp³-hybridized carbons (Fsp3) is 0.154. The maximum Gasteiger partial charge on any atom is 0.295 e. The van der Waals surface area contributed by atoms with E-state index >= 15 is 0 Å². The Morgan fingerprint density at radius 1 is 0.906 bits per heavy atom. The average Bonchev–Trinajstić information content (AvgIpc) is 3.08. The minimum Gasteiger partial charge on any atom is -0.507 e. The third kappa shape index (κ3) is 4.26. The van der Waals surface area contributed by atoms with Crippen molar-refractivity contribution >= 4 is 17.4 Å². The molecule has 1 aliphatic rings. The Kier molecular flexibility index (Phi) is 6.33. The molecule has 32 heavy (non-hydrogen) atoms. The monoisotopic (exact) mass is 429 g/mol. The molecule has 1 atom stereocenters. The molecule has 1 unspecified atom stereocenters. The Bertz CT molecular complexity index is 1140. The SMILES string of the molecule is COCCN1C(=O)C(=O)C(=C(O)c2ccccc2)C1c1cccc(Oc2ccccc2)c1. The second-order valence-electron chi connectivity index (χ2n) is 7.34. The number of hydrogen-bond donors (Lipinski definition) is 1. The first-order valence-electron chi connectivity index (χ1n) is 10.3. The first kappa shape index (κ1) is 21.3. The fourth-order valence-corrected chi connectivity index (χ4v) is 3.77. The number of carbonyl (C=O) groups is 2. The van der Waals surface area contributed by atoms with E-state index in [0.717, 1.165) is 0 Å². The van der Waals surface area contributed by atoms with E-state index in [4.69, 9.17) is 9.47 Å². The Morgan fingerprint density at radius 2 is 1.56 bits per heavy atom. The smallest absolute Gasteiger partial charge is 0.295 e. The molecule has 3 aromatic rings. The topological polar surface area (TPSA) is 76.1 Å². The highest BCUT2D eigenvalue weighted by Gasteiger charge is 2.45. The molecule has 6 heteroatoms. The molecule has 0 aromatic heterocycles. The normalized spacial score (nSPS) is 17.5.